The summed E-state index contributed by atoms with van der Waals surface area (Å²) < 4.78 is 39.7. The number of amides is 4. The Morgan fingerprint density at radius 3 is 2.37 bits per heavy atom. The molecule has 214 valence electrons. The van der Waals surface area contributed by atoms with Crippen LogP contribution in [0.4, 0.5) is 34.5 Å². The minimum absolute atomic E-state index is 0.00308. The first kappa shape index (κ1) is 29.5. The lowest BCUT2D eigenvalue weighted by Gasteiger charge is -2.12. The van der Waals surface area contributed by atoms with Crippen LogP contribution in [0.15, 0.2) is 60.7 Å². The molecule has 1 heterocycles. The molecule has 0 aliphatic rings. The Labute approximate surface area is 238 Å². The van der Waals surface area contributed by atoms with E-state index in [2.05, 4.69) is 33.2 Å². The summed E-state index contributed by atoms with van der Waals surface area (Å²) in [6.07, 6.45) is -1.56. The number of nitrogens with zero attached hydrogens (tertiary/aromatic N) is 1. The molecule has 0 bridgehead atoms. The van der Waals surface area contributed by atoms with Crippen LogP contribution >= 0.6 is 11.3 Å². The SMILES string of the molecule is CCCCCNC(=O)Nc1nc2ccc(C(=O)Nc3cc(C(=O)Nc4cccc(C(F)(F)F)c4)ccc3C)cc2s1. The van der Waals surface area contributed by atoms with Crippen LogP contribution in [-0.2, 0) is 6.18 Å². The molecule has 0 spiro atoms. The van der Waals surface area contributed by atoms with Crippen molar-refractivity contribution in [3.8, 4) is 0 Å². The van der Waals surface area contributed by atoms with Crippen molar-refractivity contribution in [2.24, 2.45) is 0 Å². The van der Waals surface area contributed by atoms with Gasteiger partial charge in [-0.05, 0) is 67.4 Å². The summed E-state index contributed by atoms with van der Waals surface area (Å²) in [6, 6.07) is 13.6. The molecule has 0 unspecified atom stereocenters. The van der Waals surface area contributed by atoms with Crippen molar-refractivity contribution in [1.29, 1.82) is 0 Å². The third kappa shape index (κ3) is 7.82. The van der Waals surface area contributed by atoms with Gasteiger partial charge in [-0.25, -0.2) is 9.78 Å². The Balaban J connectivity index is 1.43. The van der Waals surface area contributed by atoms with Crippen LogP contribution in [0, 0.1) is 6.92 Å². The van der Waals surface area contributed by atoms with Gasteiger partial charge in [0.2, 0.25) is 0 Å². The quantitative estimate of drug-likeness (QED) is 0.153. The Morgan fingerprint density at radius 2 is 1.61 bits per heavy atom. The van der Waals surface area contributed by atoms with Gasteiger partial charge >= 0.3 is 12.2 Å². The molecule has 12 heteroatoms. The number of hydrogen-bond acceptors (Lipinski definition) is 5. The van der Waals surface area contributed by atoms with E-state index in [1.165, 1.54) is 35.6 Å². The van der Waals surface area contributed by atoms with E-state index in [-0.39, 0.29) is 17.3 Å². The lowest BCUT2D eigenvalue weighted by molar-refractivity contribution is -0.137. The zero-order chi connectivity index (χ0) is 29.6. The predicted molar refractivity (Wildman–Crippen MR) is 155 cm³/mol. The highest BCUT2D eigenvalue weighted by molar-refractivity contribution is 7.22. The van der Waals surface area contributed by atoms with Crippen LogP contribution in [-0.4, -0.2) is 29.4 Å². The van der Waals surface area contributed by atoms with Gasteiger partial charge in [0.1, 0.15) is 0 Å². The number of carbonyl (C=O) groups is 3. The van der Waals surface area contributed by atoms with Gasteiger partial charge in [0.25, 0.3) is 11.8 Å². The van der Waals surface area contributed by atoms with Crippen molar-refractivity contribution in [2.45, 2.75) is 39.3 Å². The van der Waals surface area contributed by atoms with E-state index in [0.717, 1.165) is 31.4 Å². The summed E-state index contributed by atoms with van der Waals surface area (Å²) in [5.74, 6) is -1.05. The maximum absolute atomic E-state index is 13.1. The lowest BCUT2D eigenvalue weighted by atomic mass is 10.1. The highest BCUT2D eigenvalue weighted by Gasteiger charge is 2.30. The van der Waals surface area contributed by atoms with Crippen molar-refractivity contribution in [2.75, 3.05) is 22.5 Å². The zero-order valence-electron chi connectivity index (χ0n) is 22.3. The Hall–Kier alpha value is -4.45. The number of nitrogens with one attached hydrogen (secondary N) is 4. The Bertz CT molecular complexity index is 1590. The number of aryl methyl sites for hydroxylation is 1. The minimum atomic E-state index is -4.54. The van der Waals surface area contributed by atoms with E-state index in [1.807, 2.05) is 0 Å². The van der Waals surface area contributed by atoms with Gasteiger partial charge in [0.05, 0.1) is 15.8 Å². The number of unbranched alkanes of at least 4 members (excludes halogenated alkanes) is 2. The van der Waals surface area contributed by atoms with Gasteiger partial charge < -0.3 is 16.0 Å². The lowest BCUT2D eigenvalue weighted by Crippen LogP contribution is -2.29. The largest absolute Gasteiger partial charge is 0.416 e. The monoisotopic (exact) mass is 583 g/mol. The molecular weight excluding hydrogens is 555 g/mol. The van der Waals surface area contributed by atoms with Crippen LogP contribution in [0.2, 0.25) is 0 Å². The average Bonchev–Trinajstić information content (AvgIpc) is 3.33. The number of alkyl halides is 3. The summed E-state index contributed by atoms with van der Waals surface area (Å²) in [5.41, 5.74) is 1.30. The predicted octanol–water partition coefficient (Wildman–Crippen LogP) is 7.44. The smallest absolute Gasteiger partial charge is 0.338 e. The number of carbonyl (C=O) groups excluding carboxylic acids is 3. The first-order chi connectivity index (χ1) is 19.5. The maximum atomic E-state index is 13.1. The van der Waals surface area contributed by atoms with E-state index in [1.54, 1.807) is 31.2 Å². The van der Waals surface area contributed by atoms with Crippen molar-refractivity contribution < 1.29 is 27.6 Å². The first-order valence-corrected chi connectivity index (χ1v) is 13.7. The molecular formula is C29H28F3N5O3S. The van der Waals surface area contributed by atoms with Crippen molar-refractivity contribution >= 4 is 55.9 Å². The molecule has 4 amide bonds. The molecule has 0 saturated heterocycles. The van der Waals surface area contributed by atoms with E-state index < -0.39 is 23.6 Å². The molecule has 41 heavy (non-hydrogen) atoms. The molecule has 1 aromatic heterocycles. The summed E-state index contributed by atoms with van der Waals surface area (Å²) in [5, 5.41) is 11.2. The second kappa shape index (κ2) is 12.8. The number of thiazole rings is 1. The second-order valence-electron chi connectivity index (χ2n) is 9.31. The number of aromatic nitrogens is 1. The van der Waals surface area contributed by atoms with Gasteiger partial charge in [0.15, 0.2) is 5.13 Å². The van der Waals surface area contributed by atoms with Crippen molar-refractivity contribution in [3.63, 3.8) is 0 Å². The van der Waals surface area contributed by atoms with Gasteiger partial charge in [-0.2, -0.15) is 13.2 Å². The topological polar surface area (TPSA) is 112 Å². The molecule has 0 fully saturated rings. The van der Waals surface area contributed by atoms with E-state index >= 15 is 0 Å². The number of fused-ring (bicyclic) bond motifs is 1. The fraction of sp³-hybridized carbons (Fsp3) is 0.241. The number of hydrogen-bond donors (Lipinski definition) is 4. The molecule has 0 saturated carbocycles. The molecule has 0 aliphatic carbocycles. The standard InChI is InChI=1S/C29H28F3N5O3S/c1-3-4-5-13-33-27(40)37-28-36-22-12-11-19(15-24(22)41-28)26(39)35-23-14-18(10-9-17(23)2)25(38)34-21-8-6-7-20(16-21)29(30,31)32/h6-12,14-16H,3-5,13H2,1-2H3,(H,34,38)(H,35,39)(H2,33,36,37,40). The van der Waals surface area contributed by atoms with Gasteiger partial charge in [0, 0.05) is 29.0 Å². The maximum Gasteiger partial charge on any atom is 0.416 e. The fourth-order valence-corrected chi connectivity index (χ4v) is 4.81. The van der Waals surface area contributed by atoms with E-state index in [4.69, 9.17) is 0 Å². The van der Waals surface area contributed by atoms with Crippen LogP contribution in [0.25, 0.3) is 10.2 Å². The molecule has 0 atom stereocenters. The first-order valence-electron chi connectivity index (χ1n) is 12.9. The zero-order valence-corrected chi connectivity index (χ0v) is 23.1. The highest BCUT2D eigenvalue weighted by atomic mass is 32.1. The third-order valence-electron chi connectivity index (χ3n) is 6.13. The average molecular weight is 584 g/mol. The van der Waals surface area contributed by atoms with E-state index in [9.17, 15) is 27.6 Å². The number of urea groups is 1. The molecule has 4 aromatic rings. The number of anilines is 3. The molecule has 3 aromatic carbocycles. The number of halogens is 3. The number of rotatable bonds is 9. The van der Waals surface area contributed by atoms with Crippen LogP contribution < -0.4 is 21.3 Å². The van der Waals surface area contributed by atoms with Crippen molar-refractivity contribution in [1.82, 2.24) is 10.3 Å². The fourth-order valence-electron chi connectivity index (χ4n) is 3.91. The molecule has 0 aliphatic heterocycles. The molecule has 0 radical (unpaired) electrons. The molecule has 4 N–H and O–H groups in total. The molecule has 4 rings (SSSR count). The van der Waals surface area contributed by atoms with Gasteiger partial charge in [-0.1, -0.05) is 43.2 Å². The molecule has 8 nitrogen and oxygen atoms in total. The van der Waals surface area contributed by atoms with Gasteiger partial charge in [-0.15, -0.1) is 0 Å². The Kier molecular flexibility index (Phi) is 9.23. The second-order valence-corrected chi connectivity index (χ2v) is 10.3. The van der Waals surface area contributed by atoms with E-state index in [0.29, 0.717) is 38.7 Å². The Morgan fingerprint density at radius 1 is 0.878 bits per heavy atom. The summed E-state index contributed by atoms with van der Waals surface area (Å²) >= 11 is 1.23. The van der Waals surface area contributed by atoms with Crippen molar-refractivity contribution in [3.05, 3.63) is 82.9 Å². The normalized spacial score (nSPS) is 11.2. The summed E-state index contributed by atoms with van der Waals surface area (Å²) in [7, 11) is 0. The summed E-state index contributed by atoms with van der Waals surface area (Å²) in [4.78, 5) is 42.3. The third-order valence-corrected chi connectivity index (χ3v) is 7.07. The minimum Gasteiger partial charge on any atom is -0.338 e. The van der Waals surface area contributed by atoms with Gasteiger partial charge in [-0.3, -0.25) is 14.9 Å². The van der Waals surface area contributed by atoms with Crippen LogP contribution in [0.3, 0.4) is 0 Å². The van der Waals surface area contributed by atoms with Crippen LogP contribution in [0.1, 0.15) is 58.0 Å². The summed E-state index contributed by atoms with van der Waals surface area (Å²) in [6.45, 7) is 4.41. The van der Waals surface area contributed by atoms with Crippen LogP contribution in [0.5, 0.6) is 0 Å². The number of benzene rings is 3. The highest BCUT2D eigenvalue weighted by Crippen LogP contribution is 2.31.